The molecule has 0 amide bonds. The molecule has 0 atom stereocenters. The molecule has 0 aliphatic heterocycles. The molecule has 7 aromatic carbocycles. The number of nitrogens with zero attached hydrogens (tertiary/aromatic N) is 3. The Morgan fingerprint density at radius 2 is 0.980 bits per heavy atom. The van der Waals surface area contributed by atoms with Crippen molar-refractivity contribution in [3.8, 4) is 50.6 Å². The zero-order valence-electron chi connectivity index (χ0n) is 27.0. The predicted molar refractivity (Wildman–Crippen MR) is 205 cm³/mol. The molecular weight excluding hydrogens is 611 g/mol. The van der Waals surface area contributed by atoms with Gasteiger partial charge in [0.1, 0.15) is 16.8 Å². The van der Waals surface area contributed by atoms with Gasteiger partial charge >= 0.3 is 0 Å². The molecule has 0 spiro atoms. The standard InChI is InChI=1S/C46H29N3O/c1-3-13-30(14-4-1)33-17-11-18-34(29-33)42-45-43(48-46(47-42)32-15-5-2-6-16-32)39-22-12-21-36(44(39)50-45)31-25-27-35(28-26-31)49-40-23-9-7-19-37(40)38-20-8-10-24-41(38)49/h1-29H. The first-order chi connectivity index (χ1) is 24.8. The Morgan fingerprint density at radius 1 is 0.400 bits per heavy atom. The van der Waals surface area contributed by atoms with Crippen molar-refractivity contribution in [3.63, 3.8) is 0 Å². The van der Waals surface area contributed by atoms with E-state index in [9.17, 15) is 0 Å². The SMILES string of the molecule is c1ccc(-c2cccc(-c3nc(-c4ccccc4)nc4c3oc3c(-c5ccc(-n6c7ccccc7c7ccccc76)cc5)cccc34)c2)cc1. The van der Waals surface area contributed by atoms with Crippen LogP contribution in [0.5, 0.6) is 0 Å². The fraction of sp³-hybridized carbons (Fsp3) is 0. The smallest absolute Gasteiger partial charge is 0.180 e. The Morgan fingerprint density at radius 3 is 1.70 bits per heavy atom. The van der Waals surface area contributed by atoms with Gasteiger partial charge in [-0.1, -0.05) is 140 Å². The van der Waals surface area contributed by atoms with Crippen molar-refractivity contribution in [1.82, 2.24) is 14.5 Å². The van der Waals surface area contributed by atoms with E-state index in [1.54, 1.807) is 0 Å². The van der Waals surface area contributed by atoms with Gasteiger partial charge in [-0.3, -0.25) is 0 Å². The van der Waals surface area contributed by atoms with Gasteiger partial charge in [0.2, 0.25) is 0 Å². The molecule has 10 rings (SSSR count). The van der Waals surface area contributed by atoms with Crippen LogP contribution >= 0.6 is 0 Å². The first kappa shape index (κ1) is 28.3. The van der Waals surface area contributed by atoms with Crippen LogP contribution in [0.25, 0.3) is 94.5 Å². The molecule has 0 aliphatic carbocycles. The second kappa shape index (κ2) is 11.4. The van der Waals surface area contributed by atoms with Gasteiger partial charge in [0.25, 0.3) is 0 Å². The highest BCUT2D eigenvalue weighted by molar-refractivity contribution is 6.11. The Labute approximate surface area is 288 Å². The number of rotatable bonds is 5. The minimum Gasteiger partial charge on any atom is -0.451 e. The Kier molecular flexibility index (Phi) is 6.46. The molecule has 3 aromatic heterocycles. The molecule has 0 saturated carbocycles. The number of benzene rings is 7. The summed E-state index contributed by atoms with van der Waals surface area (Å²) < 4.78 is 9.19. The highest BCUT2D eigenvalue weighted by Gasteiger charge is 2.21. The topological polar surface area (TPSA) is 43.9 Å². The van der Waals surface area contributed by atoms with Crippen LogP contribution in [0.4, 0.5) is 0 Å². The normalized spacial score (nSPS) is 11.6. The summed E-state index contributed by atoms with van der Waals surface area (Å²) in [5, 5.41) is 3.46. The Bertz CT molecular complexity index is 2800. The predicted octanol–water partition coefficient (Wildman–Crippen LogP) is 12.1. The van der Waals surface area contributed by atoms with Gasteiger partial charge in [0.05, 0.1) is 11.0 Å². The molecule has 4 heteroatoms. The molecule has 3 heterocycles. The molecule has 4 nitrogen and oxygen atoms in total. The largest absolute Gasteiger partial charge is 0.451 e. The monoisotopic (exact) mass is 639 g/mol. The lowest BCUT2D eigenvalue weighted by atomic mass is 10.0. The van der Waals surface area contributed by atoms with Crippen LogP contribution in [0.3, 0.4) is 0 Å². The zero-order chi connectivity index (χ0) is 33.0. The molecular formula is C46H29N3O. The van der Waals surface area contributed by atoms with Crippen molar-refractivity contribution in [2.24, 2.45) is 0 Å². The van der Waals surface area contributed by atoms with E-state index in [0.717, 1.165) is 61.2 Å². The highest BCUT2D eigenvalue weighted by atomic mass is 16.3. The van der Waals surface area contributed by atoms with Gasteiger partial charge in [-0.25, -0.2) is 9.97 Å². The fourth-order valence-corrected chi connectivity index (χ4v) is 7.27. The number of aromatic nitrogens is 3. The number of para-hydroxylation sites is 3. The van der Waals surface area contributed by atoms with Crippen molar-refractivity contribution in [3.05, 3.63) is 176 Å². The third-order valence-corrected chi connectivity index (χ3v) is 9.63. The number of fused-ring (bicyclic) bond motifs is 6. The molecule has 0 radical (unpaired) electrons. The maximum absolute atomic E-state index is 6.85. The lowest BCUT2D eigenvalue weighted by Crippen LogP contribution is -1.94. The van der Waals surface area contributed by atoms with Crippen molar-refractivity contribution in [1.29, 1.82) is 0 Å². The van der Waals surface area contributed by atoms with Crippen LogP contribution in [-0.4, -0.2) is 14.5 Å². The van der Waals surface area contributed by atoms with E-state index in [1.807, 2.05) is 24.3 Å². The third kappa shape index (κ3) is 4.54. The van der Waals surface area contributed by atoms with Gasteiger partial charge in [0.15, 0.2) is 11.4 Å². The summed E-state index contributed by atoms with van der Waals surface area (Å²) in [4.78, 5) is 10.3. The molecule has 10 aromatic rings. The van der Waals surface area contributed by atoms with Gasteiger partial charge < -0.3 is 8.98 Å². The van der Waals surface area contributed by atoms with E-state index < -0.39 is 0 Å². The van der Waals surface area contributed by atoms with Crippen LogP contribution in [0.1, 0.15) is 0 Å². The fourth-order valence-electron chi connectivity index (χ4n) is 7.27. The quantitative estimate of drug-likeness (QED) is 0.188. The molecule has 0 N–H and O–H groups in total. The van der Waals surface area contributed by atoms with E-state index in [1.165, 1.54) is 21.8 Å². The van der Waals surface area contributed by atoms with E-state index in [-0.39, 0.29) is 0 Å². The zero-order valence-corrected chi connectivity index (χ0v) is 27.0. The third-order valence-electron chi connectivity index (χ3n) is 9.63. The average Bonchev–Trinajstić information content (AvgIpc) is 3.74. The molecule has 234 valence electrons. The van der Waals surface area contributed by atoms with Gasteiger partial charge in [-0.15, -0.1) is 0 Å². The Balaban J connectivity index is 1.15. The summed E-state index contributed by atoms with van der Waals surface area (Å²) in [6.45, 7) is 0. The van der Waals surface area contributed by atoms with Crippen molar-refractivity contribution in [2.45, 2.75) is 0 Å². The number of hydrogen-bond donors (Lipinski definition) is 0. The minimum absolute atomic E-state index is 0.668. The lowest BCUT2D eigenvalue weighted by molar-refractivity contribution is 0.668. The summed E-state index contributed by atoms with van der Waals surface area (Å²) in [7, 11) is 0. The molecule has 0 unspecified atom stereocenters. The first-order valence-corrected chi connectivity index (χ1v) is 16.8. The lowest BCUT2D eigenvalue weighted by Gasteiger charge is -2.09. The average molecular weight is 640 g/mol. The number of furan rings is 1. The van der Waals surface area contributed by atoms with Crippen LogP contribution in [0.15, 0.2) is 180 Å². The van der Waals surface area contributed by atoms with Crippen LogP contribution < -0.4 is 0 Å². The van der Waals surface area contributed by atoms with Crippen LogP contribution in [-0.2, 0) is 0 Å². The maximum atomic E-state index is 6.85. The van der Waals surface area contributed by atoms with Gasteiger partial charge in [-0.2, -0.15) is 0 Å². The van der Waals surface area contributed by atoms with E-state index in [2.05, 4.69) is 156 Å². The molecule has 50 heavy (non-hydrogen) atoms. The Hall–Kier alpha value is -6.78. The van der Waals surface area contributed by atoms with Crippen molar-refractivity contribution in [2.75, 3.05) is 0 Å². The summed E-state index contributed by atoms with van der Waals surface area (Å²) in [6.07, 6.45) is 0. The van der Waals surface area contributed by atoms with E-state index >= 15 is 0 Å². The molecule has 0 bridgehead atoms. The van der Waals surface area contributed by atoms with Gasteiger partial charge in [-0.05, 0) is 53.1 Å². The van der Waals surface area contributed by atoms with Crippen molar-refractivity contribution < 1.29 is 4.42 Å². The minimum atomic E-state index is 0.668. The second-order valence-electron chi connectivity index (χ2n) is 12.6. The van der Waals surface area contributed by atoms with E-state index in [0.29, 0.717) is 11.4 Å². The summed E-state index contributed by atoms with van der Waals surface area (Å²) in [5.74, 6) is 0.668. The van der Waals surface area contributed by atoms with E-state index in [4.69, 9.17) is 14.4 Å². The highest BCUT2D eigenvalue weighted by Crippen LogP contribution is 2.41. The molecule has 0 fully saturated rings. The number of hydrogen-bond acceptors (Lipinski definition) is 3. The molecule has 0 saturated heterocycles. The molecule has 0 aliphatic rings. The summed E-state index contributed by atoms with van der Waals surface area (Å²) >= 11 is 0. The summed E-state index contributed by atoms with van der Waals surface area (Å²) in [6, 6.07) is 61.4. The maximum Gasteiger partial charge on any atom is 0.180 e. The van der Waals surface area contributed by atoms with Gasteiger partial charge in [0, 0.05) is 38.5 Å². The van der Waals surface area contributed by atoms with Crippen LogP contribution in [0, 0.1) is 0 Å². The second-order valence-corrected chi connectivity index (χ2v) is 12.6. The van der Waals surface area contributed by atoms with Crippen LogP contribution in [0.2, 0.25) is 0 Å². The first-order valence-electron chi connectivity index (χ1n) is 16.8. The summed E-state index contributed by atoms with van der Waals surface area (Å²) in [5.41, 5.74) is 12.8. The van der Waals surface area contributed by atoms with Crippen molar-refractivity contribution >= 4 is 43.9 Å².